The average molecular weight is 257 g/mol. The first-order chi connectivity index (χ1) is 8.52. The molecule has 1 rings (SSSR count). The van der Waals surface area contributed by atoms with Crippen molar-refractivity contribution in [1.29, 1.82) is 0 Å². The number of urea groups is 1. The SMILES string of the molecule is CCc1cnc(CNC(=O)NCC(O)C(=O)O)o1. The van der Waals surface area contributed by atoms with Gasteiger partial charge in [0.15, 0.2) is 6.10 Å². The monoisotopic (exact) mass is 257 g/mol. The van der Waals surface area contributed by atoms with Gasteiger partial charge in [0.25, 0.3) is 0 Å². The highest BCUT2D eigenvalue weighted by Crippen LogP contribution is 2.03. The minimum Gasteiger partial charge on any atom is -0.479 e. The third-order valence-electron chi connectivity index (χ3n) is 2.09. The standard InChI is InChI=1S/C10H15N3O5/c1-2-6-3-11-8(18-6)5-13-10(17)12-4-7(14)9(15)16/h3,7,14H,2,4-5H2,1H3,(H,15,16)(H2,12,13,17). The number of carboxylic acid groups (broad SMARTS) is 1. The van der Waals surface area contributed by atoms with E-state index in [0.717, 1.165) is 0 Å². The third kappa shape index (κ3) is 4.42. The summed E-state index contributed by atoms with van der Waals surface area (Å²) in [5, 5.41) is 21.9. The number of aliphatic hydroxyl groups excluding tert-OH is 1. The molecule has 0 aliphatic rings. The van der Waals surface area contributed by atoms with Gasteiger partial charge < -0.3 is 25.3 Å². The number of carbonyl (C=O) groups is 2. The molecule has 0 spiro atoms. The van der Waals surface area contributed by atoms with Crippen molar-refractivity contribution in [2.24, 2.45) is 0 Å². The van der Waals surface area contributed by atoms with Crippen molar-refractivity contribution < 1.29 is 24.2 Å². The lowest BCUT2D eigenvalue weighted by Gasteiger charge is -2.08. The Labute approximate surface area is 103 Å². The zero-order valence-corrected chi connectivity index (χ0v) is 9.84. The summed E-state index contributed by atoms with van der Waals surface area (Å²) >= 11 is 0. The molecule has 1 aromatic heterocycles. The van der Waals surface area contributed by atoms with Crippen LogP contribution in [0.2, 0.25) is 0 Å². The highest BCUT2D eigenvalue weighted by Gasteiger charge is 2.14. The Hall–Kier alpha value is -2.09. The van der Waals surface area contributed by atoms with Gasteiger partial charge in [0.2, 0.25) is 5.89 Å². The van der Waals surface area contributed by atoms with Crippen LogP contribution in [0.3, 0.4) is 0 Å². The first-order valence-corrected chi connectivity index (χ1v) is 5.39. The van der Waals surface area contributed by atoms with Crippen LogP contribution in [-0.4, -0.2) is 39.8 Å². The zero-order valence-electron chi connectivity index (χ0n) is 9.84. The molecule has 2 amide bonds. The number of carbonyl (C=O) groups excluding carboxylic acids is 1. The number of nitrogens with zero attached hydrogens (tertiary/aromatic N) is 1. The number of aliphatic carboxylic acids is 1. The average Bonchev–Trinajstić information content (AvgIpc) is 2.81. The second-order valence-electron chi connectivity index (χ2n) is 3.49. The summed E-state index contributed by atoms with van der Waals surface area (Å²) in [5.74, 6) is -0.315. The number of amides is 2. The summed E-state index contributed by atoms with van der Waals surface area (Å²) in [6, 6.07) is -0.605. The molecule has 1 unspecified atom stereocenters. The van der Waals surface area contributed by atoms with Crippen molar-refractivity contribution in [3.8, 4) is 0 Å². The van der Waals surface area contributed by atoms with Crippen molar-refractivity contribution in [3.63, 3.8) is 0 Å². The fourth-order valence-electron chi connectivity index (χ4n) is 1.09. The van der Waals surface area contributed by atoms with Crippen molar-refractivity contribution in [2.45, 2.75) is 26.0 Å². The predicted octanol–water partition coefficient (Wildman–Crippen LogP) is -0.518. The van der Waals surface area contributed by atoms with Gasteiger partial charge in [-0.15, -0.1) is 0 Å². The first kappa shape index (κ1) is 14.0. The molecular formula is C10H15N3O5. The van der Waals surface area contributed by atoms with Gasteiger partial charge in [0, 0.05) is 6.42 Å². The molecule has 100 valence electrons. The number of carboxylic acids is 1. The van der Waals surface area contributed by atoms with Crippen LogP contribution in [0.1, 0.15) is 18.6 Å². The van der Waals surface area contributed by atoms with E-state index in [1.54, 1.807) is 6.20 Å². The molecule has 18 heavy (non-hydrogen) atoms. The van der Waals surface area contributed by atoms with E-state index in [4.69, 9.17) is 14.6 Å². The van der Waals surface area contributed by atoms with Gasteiger partial charge in [-0.2, -0.15) is 0 Å². The molecule has 0 aliphatic carbocycles. The van der Waals surface area contributed by atoms with Gasteiger partial charge in [0.05, 0.1) is 19.3 Å². The molecule has 1 atom stereocenters. The maximum absolute atomic E-state index is 11.2. The Kier molecular flexibility index (Phi) is 5.12. The van der Waals surface area contributed by atoms with Crippen LogP contribution < -0.4 is 10.6 Å². The van der Waals surface area contributed by atoms with Crippen molar-refractivity contribution in [3.05, 3.63) is 17.8 Å². The molecule has 4 N–H and O–H groups in total. The van der Waals surface area contributed by atoms with Crippen molar-refractivity contribution in [1.82, 2.24) is 15.6 Å². The predicted molar refractivity (Wildman–Crippen MR) is 59.8 cm³/mol. The number of nitrogens with one attached hydrogen (secondary N) is 2. The number of hydrogen-bond acceptors (Lipinski definition) is 5. The van der Waals surface area contributed by atoms with Crippen molar-refractivity contribution >= 4 is 12.0 Å². The van der Waals surface area contributed by atoms with E-state index < -0.39 is 18.1 Å². The van der Waals surface area contributed by atoms with E-state index in [1.165, 1.54) is 0 Å². The van der Waals surface area contributed by atoms with Crippen LogP contribution in [0.4, 0.5) is 4.79 Å². The normalized spacial score (nSPS) is 11.9. The number of aliphatic hydroxyl groups is 1. The minimum atomic E-state index is -1.62. The smallest absolute Gasteiger partial charge is 0.334 e. The molecule has 0 aliphatic heterocycles. The number of hydrogen-bond donors (Lipinski definition) is 4. The molecule has 0 saturated heterocycles. The Morgan fingerprint density at radius 1 is 1.50 bits per heavy atom. The highest BCUT2D eigenvalue weighted by molar-refractivity contribution is 5.76. The Balaban J connectivity index is 2.26. The molecule has 0 fully saturated rings. The molecule has 8 nitrogen and oxygen atoms in total. The van der Waals surface area contributed by atoms with Gasteiger partial charge >= 0.3 is 12.0 Å². The maximum Gasteiger partial charge on any atom is 0.334 e. The molecule has 0 aromatic carbocycles. The number of aromatic nitrogens is 1. The van der Waals surface area contributed by atoms with E-state index in [-0.39, 0.29) is 13.1 Å². The van der Waals surface area contributed by atoms with E-state index in [2.05, 4.69) is 15.6 Å². The lowest BCUT2D eigenvalue weighted by Crippen LogP contribution is -2.41. The summed E-state index contributed by atoms with van der Waals surface area (Å²) in [5.41, 5.74) is 0. The summed E-state index contributed by atoms with van der Waals surface area (Å²) < 4.78 is 5.25. The molecule has 1 heterocycles. The van der Waals surface area contributed by atoms with Crippen LogP contribution in [0.25, 0.3) is 0 Å². The lowest BCUT2D eigenvalue weighted by molar-refractivity contribution is -0.146. The topological polar surface area (TPSA) is 125 Å². The Bertz CT molecular complexity index is 417. The largest absolute Gasteiger partial charge is 0.479 e. The first-order valence-electron chi connectivity index (χ1n) is 5.39. The van der Waals surface area contributed by atoms with Crippen LogP contribution in [0.5, 0.6) is 0 Å². The fourth-order valence-corrected chi connectivity index (χ4v) is 1.09. The Morgan fingerprint density at radius 2 is 2.22 bits per heavy atom. The zero-order chi connectivity index (χ0) is 13.5. The summed E-state index contributed by atoms with van der Waals surface area (Å²) in [4.78, 5) is 25.4. The molecule has 0 saturated carbocycles. The van der Waals surface area contributed by atoms with Gasteiger partial charge in [-0.1, -0.05) is 6.92 Å². The summed E-state index contributed by atoms with van der Waals surface area (Å²) in [6.45, 7) is 1.64. The molecule has 8 heteroatoms. The van der Waals surface area contributed by atoms with E-state index >= 15 is 0 Å². The second-order valence-corrected chi connectivity index (χ2v) is 3.49. The molecule has 0 radical (unpaired) electrons. The van der Waals surface area contributed by atoms with Crippen LogP contribution >= 0.6 is 0 Å². The number of rotatable bonds is 6. The second kappa shape index (κ2) is 6.60. The summed E-state index contributed by atoms with van der Waals surface area (Å²) in [6.07, 6.45) is 0.664. The van der Waals surface area contributed by atoms with E-state index in [0.29, 0.717) is 18.1 Å². The minimum absolute atomic E-state index is 0.0923. The molecule has 1 aromatic rings. The summed E-state index contributed by atoms with van der Waals surface area (Å²) in [7, 11) is 0. The fraction of sp³-hybridized carbons (Fsp3) is 0.500. The van der Waals surface area contributed by atoms with Gasteiger partial charge in [-0.05, 0) is 0 Å². The highest BCUT2D eigenvalue weighted by atomic mass is 16.4. The van der Waals surface area contributed by atoms with E-state index in [9.17, 15) is 9.59 Å². The molecule has 0 bridgehead atoms. The maximum atomic E-state index is 11.2. The van der Waals surface area contributed by atoms with Crippen LogP contribution in [0, 0.1) is 0 Å². The number of oxazole rings is 1. The van der Waals surface area contributed by atoms with Crippen molar-refractivity contribution in [2.75, 3.05) is 6.54 Å². The molecular weight excluding hydrogens is 242 g/mol. The Morgan fingerprint density at radius 3 is 2.78 bits per heavy atom. The quantitative estimate of drug-likeness (QED) is 0.543. The van der Waals surface area contributed by atoms with Gasteiger partial charge in [-0.25, -0.2) is 14.6 Å². The number of aryl methyl sites for hydroxylation is 1. The van der Waals surface area contributed by atoms with Gasteiger partial charge in [-0.3, -0.25) is 0 Å². The van der Waals surface area contributed by atoms with Gasteiger partial charge in [0.1, 0.15) is 5.76 Å². The van der Waals surface area contributed by atoms with Crippen LogP contribution in [0.15, 0.2) is 10.6 Å². The van der Waals surface area contributed by atoms with E-state index in [1.807, 2.05) is 6.92 Å². The third-order valence-corrected chi connectivity index (χ3v) is 2.09. The van der Waals surface area contributed by atoms with Crippen LogP contribution in [-0.2, 0) is 17.8 Å². The lowest BCUT2D eigenvalue weighted by atomic mass is 10.4.